The van der Waals surface area contributed by atoms with Crippen LogP contribution in [0.25, 0.3) is 0 Å². The maximum absolute atomic E-state index is 2.61. The molecule has 1 aliphatic heterocycles. The van der Waals surface area contributed by atoms with Crippen LogP contribution in [0, 0.1) is 0 Å². The molecule has 1 fully saturated rings. The molecule has 0 saturated carbocycles. The fraction of sp³-hybridized carbons (Fsp3) is 0.571. The smallest absolute Gasteiger partial charge is 0.00502 e. The molecule has 1 heteroatoms. The second-order valence-electron chi connectivity index (χ2n) is 4.52. The molecule has 0 aliphatic carbocycles. The van der Waals surface area contributed by atoms with E-state index < -0.39 is 0 Å². The number of nitrogens with zero attached hydrogens (tertiary/aromatic N) is 1. The summed E-state index contributed by atoms with van der Waals surface area (Å²) in [5.74, 6) is 0.726. The molecular formula is C14H21N. The van der Waals surface area contributed by atoms with Crippen molar-refractivity contribution in [3.8, 4) is 0 Å². The summed E-state index contributed by atoms with van der Waals surface area (Å²) in [6.07, 6.45) is 4.04. The van der Waals surface area contributed by atoms with E-state index in [2.05, 4.69) is 42.2 Å². The van der Waals surface area contributed by atoms with E-state index in [0.29, 0.717) is 0 Å². The average molecular weight is 203 g/mol. The summed E-state index contributed by atoms with van der Waals surface area (Å²) in [6.45, 7) is 6.17. The summed E-state index contributed by atoms with van der Waals surface area (Å²) in [7, 11) is 0. The lowest BCUT2D eigenvalue weighted by Gasteiger charge is -2.22. The first-order valence-electron chi connectivity index (χ1n) is 6.17. The zero-order valence-electron chi connectivity index (χ0n) is 9.65. The number of hydrogen-bond donors (Lipinski definition) is 0. The number of rotatable bonds is 4. The van der Waals surface area contributed by atoms with Crippen molar-refractivity contribution in [3.05, 3.63) is 35.9 Å². The standard InChI is InChI=1S/C14H21N/c1-2-13(12-15-10-6-7-11-15)14-8-4-3-5-9-14/h3-5,8-9,13H,2,6-7,10-12H2,1H3. The summed E-state index contributed by atoms with van der Waals surface area (Å²) in [6, 6.07) is 10.9. The van der Waals surface area contributed by atoms with E-state index in [1.54, 1.807) is 0 Å². The summed E-state index contributed by atoms with van der Waals surface area (Å²) in [5.41, 5.74) is 1.51. The maximum Gasteiger partial charge on any atom is 0.00502 e. The zero-order chi connectivity index (χ0) is 10.5. The third-order valence-corrected chi connectivity index (χ3v) is 3.44. The highest BCUT2D eigenvalue weighted by atomic mass is 15.1. The highest BCUT2D eigenvalue weighted by Gasteiger charge is 2.17. The fourth-order valence-corrected chi connectivity index (χ4v) is 2.47. The third kappa shape index (κ3) is 2.82. The Morgan fingerprint density at radius 3 is 2.40 bits per heavy atom. The first kappa shape index (κ1) is 10.7. The van der Waals surface area contributed by atoms with Crippen molar-refractivity contribution < 1.29 is 0 Å². The molecule has 1 aromatic rings. The minimum Gasteiger partial charge on any atom is -0.303 e. The fourth-order valence-electron chi connectivity index (χ4n) is 2.47. The molecule has 0 bridgehead atoms. The van der Waals surface area contributed by atoms with Crippen LogP contribution in [-0.4, -0.2) is 24.5 Å². The van der Waals surface area contributed by atoms with Gasteiger partial charge in [0.1, 0.15) is 0 Å². The van der Waals surface area contributed by atoms with Crippen LogP contribution in [0.4, 0.5) is 0 Å². The molecule has 15 heavy (non-hydrogen) atoms. The average Bonchev–Trinajstić information content (AvgIpc) is 2.80. The van der Waals surface area contributed by atoms with Gasteiger partial charge in [-0.1, -0.05) is 37.3 Å². The molecule has 1 saturated heterocycles. The Morgan fingerprint density at radius 1 is 1.13 bits per heavy atom. The summed E-state index contributed by atoms with van der Waals surface area (Å²) >= 11 is 0. The first-order valence-corrected chi connectivity index (χ1v) is 6.17. The van der Waals surface area contributed by atoms with Gasteiger partial charge in [0.25, 0.3) is 0 Å². The van der Waals surface area contributed by atoms with E-state index in [4.69, 9.17) is 0 Å². The second-order valence-corrected chi connectivity index (χ2v) is 4.52. The van der Waals surface area contributed by atoms with Crippen LogP contribution >= 0.6 is 0 Å². The molecule has 82 valence electrons. The van der Waals surface area contributed by atoms with E-state index >= 15 is 0 Å². The van der Waals surface area contributed by atoms with Gasteiger partial charge in [0.2, 0.25) is 0 Å². The van der Waals surface area contributed by atoms with Gasteiger partial charge >= 0.3 is 0 Å². The molecule has 0 spiro atoms. The van der Waals surface area contributed by atoms with Crippen LogP contribution in [0.1, 0.15) is 37.7 Å². The zero-order valence-corrected chi connectivity index (χ0v) is 9.65. The third-order valence-electron chi connectivity index (χ3n) is 3.44. The quantitative estimate of drug-likeness (QED) is 0.726. The topological polar surface area (TPSA) is 3.24 Å². The summed E-state index contributed by atoms with van der Waals surface area (Å²) < 4.78 is 0. The van der Waals surface area contributed by atoms with Crippen molar-refractivity contribution in [2.75, 3.05) is 19.6 Å². The largest absolute Gasteiger partial charge is 0.303 e. The van der Waals surface area contributed by atoms with Crippen molar-refractivity contribution in [2.24, 2.45) is 0 Å². The predicted octanol–water partition coefficient (Wildman–Crippen LogP) is 3.28. The number of likely N-dealkylation sites (tertiary alicyclic amines) is 1. The van der Waals surface area contributed by atoms with Gasteiger partial charge in [0.05, 0.1) is 0 Å². The van der Waals surface area contributed by atoms with Gasteiger partial charge in [0.15, 0.2) is 0 Å². The molecule has 2 rings (SSSR count). The van der Waals surface area contributed by atoms with Crippen molar-refractivity contribution >= 4 is 0 Å². The molecule has 1 aliphatic rings. The van der Waals surface area contributed by atoms with Crippen LogP contribution in [0.3, 0.4) is 0 Å². The lowest BCUT2D eigenvalue weighted by atomic mass is 9.96. The van der Waals surface area contributed by atoms with Gasteiger partial charge in [-0.25, -0.2) is 0 Å². The molecule has 1 heterocycles. The van der Waals surface area contributed by atoms with E-state index in [1.807, 2.05) is 0 Å². The Morgan fingerprint density at radius 2 is 1.80 bits per heavy atom. The van der Waals surface area contributed by atoms with Gasteiger partial charge in [-0.05, 0) is 43.8 Å². The Kier molecular flexibility index (Phi) is 3.79. The van der Waals surface area contributed by atoms with Gasteiger partial charge in [-0.2, -0.15) is 0 Å². The molecule has 1 aromatic carbocycles. The van der Waals surface area contributed by atoms with Crippen molar-refractivity contribution in [3.63, 3.8) is 0 Å². The molecule has 0 radical (unpaired) electrons. The van der Waals surface area contributed by atoms with Crippen molar-refractivity contribution in [1.29, 1.82) is 0 Å². The molecule has 1 atom stereocenters. The van der Waals surface area contributed by atoms with Gasteiger partial charge < -0.3 is 4.90 Å². The number of hydrogen-bond acceptors (Lipinski definition) is 1. The van der Waals surface area contributed by atoms with Gasteiger partial charge in [-0.3, -0.25) is 0 Å². The van der Waals surface area contributed by atoms with Crippen molar-refractivity contribution in [1.82, 2.24) is 4.90 Å². The molecule has 1 unspecified atom stereocenters. The molecule has 0 amide bonds. The monoisotopic (exact) mass is 203 g/mol. The van der Waals surface area contributed by atoms with E-state index in [1.165, 1.54) is 44.5 Å². The Labute approximate surface area is 93.1 Å². The van der Waals surface area contributed by atoms with Gasteiger partial charge in [-0.15, -0.1) is 0 Å². The Bertz CT molecular complexity index is 275. The van der Waals surface area contributed by atoms with Crippen LogP contribution in [0.15, 0.2) is 30.3 Å². The second kappa shape index (κ2) is 5.32. The van der Waals surface area contributed by atoms with E-state index in [0.717, 1.165) is 5.92 Å². The van der Waals surface area contributed by atoms with Gasteiger partial charge in [0, 0.05) is 6.54 Å². The predicted molar refractivity (Wildman–Crippen MR) is 65.1 cm³/mol. The van der Waals surface area contributed by atoms with Crippen LogP contribution in [-0.2, 0) is 0 Å². The SMILES string of the molecule is CCC(CN1CCCC1)c1ccccc1. The molecule has 1 nitrogen and oxygen atoms in total. The molecule has 0 N–H and O–H groups in total. The lowest BCUT2D eigenvalue weighted by molar-refractivity contribution is 0.310. The highest BCUT2D eigenvalue weighted by Crippen LogP contribution is 2.22. The van der Waals surface area contributed by atoms with Crippen LogP contribution in [0.5, 0.6) is 0 Å². The Hall–Kier alpha value is -0.820. The highest BCUT2D eigenvalue weighted by molar-refractivity contribution is 5.19. The lowest BCUT2D eigenvalue weighted by Crippen LogP contribution is -2.25. The first-order chi connectivity index (χ1) is 7.40. The number of benzene rings is 1. The van der Waals surface area contributed by atoms with E-state index in [9.17, 15) is 0 Å². The normalized spacial score (nSPS) is 19.3. The minimum atomic E-state index is 0.726. The van der Waals surface area contributed by atoms with E-state index in [-0.39, 0.29) is 0 Å². The summed E-state index contributed by atoms with van der Waals surface area (Å²) in [4.78, 5) is 2.61. The minimum absolute atomic E-state index is 0.726. The molecular weight excluding hydrogens is 182 g/mol. The molecule has 0 aromatic heterocycles. The summed E-state index contributed by atoms with van der Waals surface area (Å²) in [5, 5.41) is 0. The van der Waals surface area contributed by atoms with Crippen LogP contribution < -0.4 is 0 Å². The Balaban J connectivity index is 1.97. The maximum atomic E-state index is 2.61. The van der Waals surface area contributed by atoms with Crippen molar-refractivity contribution in [2.45, 2.75) is 32.1 Å². The van der Waals surface area contributed by atoms with Crippen LogP contribution in [0.2, 0.25) is 0 Å².